The van der Waals surface area contributed by atoms with E-state index < -0.39 is 0 Å². The molecule has 0 spiro atoms. The van der Waals surface area contributed by atoms with Gasteiger partial charge in [0.05, 0.1) is 11.1 Å². The first-order valence-corrected chi connectivity index (χ1v) is 9.46. The highest BCUT2D eigenvalue weighted by Crippen LogP contribution is 2.16. The summed E-state index contributed by atoms with van der Waals surface area (Å²) in [5, 5.41) is 3.91. The van der Waals surface area contributed by atoms with Crippen LogP contribution in [0.25, 0.3) is 11.0 Å². The fraction of sp³-hybridized carbons (Fsp3) is 0.263. The van der Waals surface area contributed by atoms with Gasteiger partial charge in [0.1, 0.15) is 0 Å². The van der Waals surface area contributed by atoms with E-state index in [9.17, 15) is 9.59 Å². The van der Waals surface area contributed by atoms with Crippen LogP contribution in [-0.2, 0) is 17.8 Å². The van der Waals surface area contributed by atoms with Crippen molar-refractivity contribution in [3.63, 3.8) is 0 Å². The number of hydrogen-bond donors (Lipinski definition) is 1. The van der Waals surface area contributed by atoms with E-state index in [-0.39, 0.29) is 17.2 Å². The van der Waals surface area contributed by atoms with Crippen LogP contribution < -0.4 is 10.9 Å². The summed E-state index contributed by atoms with van der Waals surface area (Å²) in [7, 11) is 0. The molecule has 0 bridgehead atoms. The van der Waals surface area contributed by atoms with Crippen LogP contribution in [0.3, 0.4) is 0 Å². The van der Waals surface area contributed by atoms with Crippen LogP contribution in [0.5, 0.6) is 0 Å². The van der Waals surface area contributed by atoms with Gasteiger partial charge < -0.3 is 5.32 Å². The Hall–Kier alpha value is -2.67. The number of carbonyl (C=O) groups excluding carboxylic acids is 1. The molecular formula is C19H20N4O2S. The molecule has 3 aromatic rings. The Labute approximate surface area is 155 Å². The summed E-state index contributed by atoms with van der Waals surface area (Å²) in [6, 6.07) is 13.4. The Kier molecular flexibility index (Phi) is 6.01. The van der Waals surface area contributed by atoms with E-state index in [1.165, 1.54) is 17.3 Å². The van der Waals surface area contributed by atoms with E-state index in [1.54, 1.807) is 22.9 Å². The minimum absolute atomic E-state index is 0.0797. The summed E-state index contributed by atoms with van der Waals surface area (Å²) in [5.41, 5.74) is 1.47. The van der Waals surface area contributed by atoms with E-state index in [2.05, 4.69) is 15.3 Å². The third kappa shape index (κ3) is 4.29. The molecule has 0 saturated carbocycles. The number of pyridine rings is 1. The van der Waals surface area contributed by atoms with Crippen molar-refractivity contribution < 1.29 is 4.79 Å². The number of hydrogen-bond acceptors (Lipinski definition) is 5. The third-order valence-electron chi connectivity index (χ3n) is 3.92. The predicted molar refractivity (Wildman–Crippen MR) is 103 cm³/mol. The number of nitrogens with zero attached hydrogens (tertiary/aromatic N) is 3. The van der Waals surface area contributed by atoms with Gasteiger partial charge in [-0.15, -0.1) is 0 Å². The van der Waals surface area contributed by atoms with Gasteiger partial charge >= 0.3 is 0 Å². The molecule has 7 heteroatoms. The molecule has 1 aromatic carbocycles. The van der Waals surface area contributed by atoms with Gasteiger partial charge in [-0.3, -0.25) is 14.2 Å². The summed E-state index contributed by atoms with van der Waals surface area (Å²) < 4.78 is 1.58. The van der Waals surface area contributed by atoms with Gasteiger partial charge in [0.2, 0.25) is 5.91 Å². The lowest BCUT2D eigenvalue weighted by Gasteiger charge is -2.10. The van der Waals surface area contributed by atoms with Gasteiger partial charge in [0.25, 0.3) is 5.56 Å². The van der Waals surface area contributed by atoms with Crippen molar-refractivity contribution in [3.05, 3.63) is 64.6 Å². The fourth-order valence-corrected chi connectivity index (χ4v) is 3.48. The van der Waals surface area contributed by atoms with Crippen LogP contribution in [0.1, 0.15) is 12.5 Å². The Morgan fingerprint density at radius 2 is 2.00 bits per heavy atom. The summed E-state index contributed by atoms with van der Waals surface area (Å²) in [5.74, 6) is 0.128. The molecule has 0 atom stereocenters. The molecule has 26 heavy (non-hydrogen) atoms. The monoisotopic (exact) mass is 368 g/mol. The number of thioether (sulfide) groups is 1. The van der Waals surface area contributed by atoms with Crippen LogP contribution in [0, 0.1) is 0 Å². The molecule has 1 N–H and O–H groups in total. The molecule has 0 aliphatic rings. The molecule has 0 aliphatic heterocycles. The van der Waals surface area contributed by atoms with Crippen molar-refractivity contribution >= 4 is 28.7 Å². The minimum atomic E-state index is -0.127. The Morgan fingerprint density at radius 3 is 2.77 bits per heavy atom. The number of aromatic nitrogens is 3. The average molecular weight is 368 g/mol. The van der Waals surface area contributed by atoms with Gasteiger partial charge in [-0.2, -0.15) is 0 Å². The number of amides is 1. The van der Waals surface area contributed by atoms with Gasteiger partial charge in [0, 0.05) is 19.3 Å². The highest BCUT2D eigenvalue weighted by molar-refractivity contribution is 7.99. The van der Waals surface area contributed by atoms with Gasteiger partial charge in [-0.05, 0) is 31.0 Å². The minimum Gasteiger partial charge on any atom is -0.355 e. The second-order valence-electron chi connectivity index (χ2n) is 5.69. The Balaban J connectivity index is 1.62. The van der Waals surface area contributed by atoms with E-state index in [0.717, 1.165) is 6.42 Å². The van der Waals surface area contributed by atoms with E-state index >= 15 is 0 Å². The summed E-state index contributed by atoms with van der Waals surface area (Å²) in [6.07, 6.45) is 2.39. The molecule has 3 rings (SSSR count). The van der Waals surface area contributed by atoms with Crippen molar-refractivity contribution in [1.82, 2.24) is 19.9 Å². The number of carbonyl (C=O) groups is 1. The average Bonchev–Trinajstić information content (AvgIpc) is 2.67. The first kappa shape index (κ1) is 18.1. The van der Waals surface area contributed by atoms with Crippen LogP contribution in [-0.4, -0.2) is 32.7 Å². The highest BCUT2D eigenvalue weighted by atomic mass is 32.2. The number of rotatable bonds is 7. The smallest absolute Gasteiger partial charge is 0.263 e. The zero-order chi connectivity index (χ0) is 18.4. The summed E-state index contributed by atoms with van der Waals surface area (Å²) in [4.78, 5) is 33.2. The maximum absolute atomic E-state index is 12.5. The molecule has 0 radical (unpaired) electrons. The molecule has 0 unspecified atom stereocenters. The lowest BCUT2D eigenvalue weighted by atomic mass is 10.1. The van der Waals surface area contributed by atoms with Gasteiger partial charge in [-0.1, -0.05) is 42.1 Å². The molecular weight excluding hydrogens is 348 g/mol. The number of fused-ring (bicyclic) bond motifs is 1. The molecule has 1 amide bonds. The zero-order valence-corrected chi connectivity index (χ0v) is 15.3. The van der Waals surface area contributed by atoms with E-state index in [1.807, 2.05) is 37.3 Å². The van der Waals surface area contributed by atoms with Crippen LogP contribution in [0.15, 0.2) is 58.6 Å². The first-order chi connectivity index (χ1) is 12.7. The van der Waals surface area contributed by atoms with Gasteiger partial charge in [-0.25, -0.2) is 9.97 Å². The Bertz CT molecular complexity index is 957. The topological polar surface area (TPSA) is 76.9 Å². The largest absolute Gasteiger partial charge is 0.355 e. The van der Waals surface area contributed by atoms with Crippen LogP contribution >= 0.6 is 11.8 Å². The van der Waals surface area contributed by atoms with Crippen LogP contribution in [0.4, 0.5) is 0 Å². The lowest BCUT2D eigenvalue weighted by Crippen LogP contribution is -2.28. The summed E-state index contributed by atoms with van der Waals surface area (Å²) in [6.45, 7) is 2.96. The van der Waals surface area contributed by atoms with E-state index in [0.29, 0.717) is 29.3 Å². The first-order valence-electron chi connectivity index (χ1n) is 8.48. The molecule has 6 nitrogen and oxygen atoms in total. The fourth-order valence-electron chi connectivity index (χ4n) is 2.60. The van der Waals surface area contributed by atoms with Gasteiger partial charge in [0.15, 0.2) is 10.8 Å². The predicted octanol–water partition coefficient (Wildman–Crippen LogP) is 2.26. The number of nitrogens with one attached hydrogen (secondary N) is 1. The molecule has 0 fully saturated rings. The maximum Gasteiger partial charge on any atom is 0.263 e. The second-order valence-corrected chi connectivity index (χ2v) is 6.64. The molecule has 2 aromatic heterocycles. The third-order valence-corrected chi connectivity index (χ3v) is 4.90. The molecule has 0 saturated heterocycles. The van der Waals surface area contributed by atoms with E-state index in [4.69, 9.17) is 0 Å². The second kappa shape index (κ2) is 8.62. The van der Waals surface area contributed by atoms with Crippen molar-refractivity contribution in [3.8, 4) is 0 Å². The number of benzene rings is 1. The maximum atomic E-state index is 12.5. The molecule has 0 aliphatic carbocycles. The van der Waals surface area contributed by atoms with Crippen molar-refractivity contribution in [2.45, 2.75) is 25.0 Å². The highest BCUT2D eigenvalue weighted by Gasteiger charge is 2.12. The van der Waals surface area contributed by atoms with Crippen molar-refractivity contribution in [2.75, 3.05) is 12.3 Å². The normalized spacial score (nSPS) is 10.8. The standard InChI is InChI=1S/C19H20N4O2S/c1-2-23-18(25)15-9-6-11-21-17(15)22-19(23)26-13-16(24)20-12-10-14-7-4-3-5-8-14/h3-9,11H,2,10,12-13H2,1H3,(H,20,24). The van der Waals surface area contributed by atoms with Crippen molar-refractivity contribution in [2.24, 2.45) is 0 Å². The quantitative estimate of drug-likeness (QED) is 0.511. The lowest BCUT2D eigenvalue weighted by molar-refractivity contribution is -0.118. The summed E-state index contributed by atoms with van der Waals surface area (Å²) >= 11 is 1.25. The SMILES string of the molecule is CCn1c(SCC(=O)NCCc2ccccc2)nc2ncccc2c1=O. The molecule has 134 valence electrons. The van der Waals surface area contributed by atoms with Crippen LogP contribution in [0.2, 0.25) is 0 Å². The molecule has 2 heterocycles. The Morgan fingerprint density at radius 1 is 1.19 bits per heavy atom. The van der Waals surface area contributed by atoms with Crippen molar-refractivity contribution in [1.29, 1.82) is 0 Å². The zero-order valence-electron chi connectivity index (χ0n) is 14.5.